The summed E-state index contributed by atoms with van der Waals surface area (Å²) in [5.41, 5.74) is 0.576. The molecule has 0 fully saturated rings. The lowest BCUT2D eigenvalue weighted by atomic mass is 10.1. The number of ether oxygens (including phenoxy) is 1. The van der Waals surface area contributed by atoms with Gasteiger partial charge in [0.25, 0.3) is 5.91 Å². The van der Waals surface area contributed by atoms with Crippen molar-refractivity contribution < 1.29 is 27.5 Å². The van der Waals surface area contributed by atoms with Crippen molar-refractivity contribution in [2.45, 2.75) is 26.1 Å². The van der Waals surface area contributed by atoms with Gasteiger partial charge in [-0.2, -0.15) is 13.2 Å². The van der Waals surface area contributed by atoms with Crippen LogP contribution in [-0.4, -0.2) is 18.0 Å². The Kier molecular flexibility index (Phi) is 5.46. The first-order chi connectivity index (χ1) is 11.7. The van der Waals surface area contributed by atoms with Gasteiger partial charge in [0.15, 0.2) is 6.10 Å². The summed E-state index contributed by atoms with van der Waals surface area (Å²) in [6.45, 7) is 3.25. The number of hydrogen-bond donors (Lipinski definition) is 1. The Morgan fingerprint density at radius 3 is 2.28 bits per heavy atom. The number of nitrogens with one attached hydrogen (secondary N) is 1. The molecule has 0 heterocycles. The van der Waals surface area contributed by atoms with Gasteiger partial charge >= 0.3 is 12.1 Å². The third-order valence-corrected chi connectivity index (χ3v) is 3.39. The van der Waals surface area contributed by atoms with Gasteiger partial charge in [-0.05, 0) is 55.8 Å². The number of hydrogen-bond acceptors (Lipinski definition) is 3. The van der Waals surface area contributed by atoms with Crippen LogP contribution in [0.3, 0.4) is 0 Å². The molecular formula is C18H16F3NO3. The standard InChI is InChI=1S/C18H16F3NO3/c1-11-4-3-5-15(10-11)22-16(23)12(2)25-17(24)13-6-8-14(9-7-13)18(19,20)21/h3-10,12H,1-2H3,(H,22,23)/t12-/m0/s1. The third-order valence-electron chi connectivity index (χ3n) is 3.39. The Morgan fingerprint density at radius 1 is 1.08 bits per heavy atom. The van der Waals surface area contributed by atoms with Crippen molar-refractivity contribution in [2.75, 3.05) is 5.32 Å². The maximum absolute atomic E-state index is 12.5. The lowest BCUT2D eigenvalue weighted by Gasteiger charge is -2.14. The maximum Gasteiger partial charge on any atom is 0.416 e. The number of carbonyl (C=O) groups excluding carboxylic acids is 2. The van der Waals surface area contributed by atoms with Gasteiger partial charge in [0.2, 0.25) is 0 Å². The summed E-state index contributed by atoms with van der Waals surface area (Å²) in [4.78, 5) is 24.0. The van der Waals surface area contributed by atoms with Crippen LogP contribution in [0.4, 0.5) is 18.9 Å². The quantitative estimate of drug-likeness (QED) is 0.840. The van der Waals surface area contributed by atoms with Gasteiger partial charge < -0.3 is 10.1 Å². The average molecular weight is 351 g/mol. The lowest BCUT2D eigenvalue weighted by Crippen LogP contribution is -2.30. The Hall–Kier alpha value is -2.83. The first kappa shape index (κ1) is 18.5. The third kappa shape index (κ3) is 5.07. The smallest absolute Gasteiger partial charge is 0.416 e. The topological polar surface area (TPSA) is 55.4 Å². The van der Waals surface area contributed by atoms with E-state index in [0.717, 1.165) is 29.8 Å². The number of carbonyl (C=O) groups is 2. The van der Waals surface area contributed by atoms with E-state index >= 15 is 0 Å². The Balaban J connectivity index is 1.98. The molecule has 0 unspecified atom stereocenters. The summed E-state index contributed by atoms with van der Waals surface area (Å²) in [6, 6.07) is 10.7. The van der Waals surface area contributed by atoms with Crippen molar-refractivity contribution in [1.29, 1.82) is 0 Å². The van der Waals surface area contributed by atoms with E-state index in [9.17, 15) is 22.8 Å². The molecule has 0 radical (unpaired) electrons. The fraction of sp³-hybridized carbons (Fsp3) is 0.222. The summed E-state index contributed by atoms with van der Waals surface area (Å²) in [5.74, 6) is -1.41. The summed E-state index contributed by atoms with van der Waals surface area (Å²) in [7, 11) is 0. The zero-order valence-electron chi connectivity index (χ0n) is 13.6. The van der Waals surface area contributed by atoms with Crippen molar-refractivity contribution in [2.24, 2.45) is 0 Å². The number of alkyl halides is 3. The minimum atomic E-state index is -4.48. The summed E-state index contributed by atoms with van der Waals surface area (Å²) >= 11 is 0. The first-order valence-corrected chi connectivity index (χ1v) is 7.42. The number of rotatable bonds is 4. The van der Waals surface area contributed by atoms with E-state index in [1.807, 2.05) is 13.0 Å². The van der Waals surface area contributed by atoms with Gasteiger partial charge in [-0.1, -0.05) is 12.1 Å². The number of amides is 1. The van der Waals surface area contributed by atoms with E-state index in [1.54, 1.807) is 18.2 Å². The molecule has 0 bridgehead atoms. The minimum Gasteiger partial charge on any atom is -0.449 e. The molecule has 1 atom stereocenters. The fourth-order valence-corrected chi connectivity index (χ4v) is 2.04. The van der Waals surface area contributed by atoms with Crippen LogP contribution >= 0.6 is 0 Å². The van der Waals surface area contributed by atoms with Crippen LogP contribution in [0.25, 0.3) is 0 Å². The monoisotopic (exact) mass is 351 g/mol. The van der Waals surface area contributed by atoms with Gasteiger partial charge in [-0.15, -0.1) is 0 Å². The molecule has 4 nitrogen and oxygen atoms in total. The average Bonchev–Trinajstić information content (AvgIpc) is 2.54. The van der Waals surface area contributed by atoms with Crippen LogP contribution in [0.1, 0.15) is 28.4 Å². The molecule has 2 rings (SSSR count). The van der Waals surface area contributed by atoms with Crippen molar-refractivity contribution in [1.82, 2.24) is 0 Å². The van der Waals surface area contributed by atoms with Crippen molar-refractivity contribution in [3.05, 3.63) is 65.2 Å². The minimum absolute atomic E-state index is 0.0665. The molecule has 25 heavy (non-hydrogen) atoms. The van der Waals surface area contributed by atoms with Crippen molar-refractivity contribution in [3.8, 4) is 0 Å². The van der Waals surface area contributed by atoms with E-state index in [-0.39, 0.29) is 5.56 Å². The zero-order valence-corrected chi connectivity index (χ0v) is 13.6. The van der Waals surface area contributed by atoms with Gasteiger partial charge in [0.05, 0.1) is 11.1 Å². The van der Waals surface area contributed by atoms with Gasteiger partial charge in [0.1, 0.15) is 0 Å². The molecule has 0 aliphatic carbocycles. The Labute approximate surface area is 142 Å². The summed E-state index contributed by atoms with van der Waals surface area (Å²) in [5, 5.41) is 2.60. The molecular weight excluding hydrogens is 335 g/mol. The van der Waals surface area contributed by atoms with Gasteiger partial charge in [0, 0.05) is 5.69 Å². The van der Waals surface area contributed by atoms with Crippen LogP contribution in [-0.2, 0) is 15.7 Å². The van der Waals surface area contributed by atoms with E-state index < -0.39 is 29.7 Å². The van der Waals surface area contributed by atoms with Crippen LogP contribution in [0, 0.1) is 6.92 Å². The second kappa shape index (κ2) is 7.38. The van der Waals surface area contributed by atoms with E-state index in [1.165, 1.54) is 6.92 Å². The molecule has 0 aliphatic heterocycles. The molecule has 0 aliphatic rings. The maximum atomic E-state index is 12.5. The molecule has 0 saturated heterocycles. The molecule has 0 aromatic heterocycles. The van der Waals surface area contributed by atoms with E-state index in [4.69, 9.17) is 4.74 Å². The number of halogens is 3. The van der Waals surface area contributed by atoms with Crippen LogP contribution in [0.2, 0.25) is 0 Å². The van der Waals surface area contributed by atoms with Crippen LogP contribution < -0.4 is 5.32 Å². The Bertz CT molecular complexity index is 770. The molecule has 2 aromatic rings. The van der Waals surface area contributed by atoms with E-state index in [2.05, 4.69) is 5.32 Å². The highest BCUT2D eigenvalue weighted by molar-refractivity contribution is 5.97. The summed E-state index contributed by atoms with van der Waals surface area (Å²) < 4.78 is 42.5. The molecule has 1 amide bonds. The highest BCUT2D eigenvalue weighted by atomic mass is 19.4. The van der Waals surface area contributed by atoms with Crippen molar-refractivity contribution in [3.63, 3.8) is 0 Å². The van der Waals surface area contributed by atoms with E-state index in [0.29, 0.717) is 5.69 Å². The second-order valence-corrected chi connectivity index (χ2v) is 5.48. The SMILES string of the molecule is Cc1cccc(NC(=O)[C@H](C)OC(=O)c2ccc(C(F)(F)F)cc2)c1. The number of esters is 1. The molecule has 0 spiro atoms. The van der Waals surface area contributed by atoms with Crippen LogP contribution in [0.15, 0.2) is 48.5 Å². The van der Waals surface area contributed by atoms with Crippen LogP contribution in [0.5, 0.6) is 0 Å². The predicted molar refractivity (Wildman–Crippen MR) is 86.1 cm³/mol. The fourth-order valence-electron chi connectivity index (χ4n) is 2.04. The molecule has 0 saturated carbocycles. The normalized spacial score (nSPS) is 12.4. The van der Waals surface area contributed by atoms with Gasteiger partial charge in [-0.3, -0.25) is 4.79 Å². The molecule has 2 aromatic carbocycles. The number of aryl methyl sites for hydroxylation is 1. The highest BCUT2D eigenvalue weighted by Gasteiger charge is 2.30. The summed E-state index contributed by atoms with van der Waals surface area (Å²) in [6.07, 6.45) is -5.58. The number of benzene rings is 2. The molecule has 132 valence electrons. The Morgan fingerprint density at radius 2 is 1.72 bits per heavy atom. The largest absolute Gasteiger partial charge is 0.449 e. The van der Waals surface area contributed by atoms with Crippen molar-refractivity contribution >= 4 is 17.6 Å². The zero-order chi connectivity index (χ0) is 18.6. The van der Waals surface area contributed by atoms with Gasteiger partial charge in [-0.25, -0.2) is 4.79 Å². The number of anilines is 1. The lowest BCUT2D eigenvalue weighted by molar-refractivity contribution is -0.137. The first-order valence-electron chi connectivity index (χ1n) is 7.42. The highest BCUT2D eigenvalue weighted by Crippen LogP contribution is 2.29. The predicted octanol–water partition coefficient (Wildman–Crippen LogP) is 4.20. The molecule has 7 heteroatoms. The second-order valence-electron chi connectivity index (χ2n) is 5.48. The molecule has 1 N–H and O–H groups in total.